The first-order valence-corrected chi connectivity index (χ1v) is 6.18. The maximum Gasteiger partial charge on any atom is 0.257 e. The van der Waals surface area contributed by atoms with E-state index >= 15 is 0 Å². The number of hydrogen-bond donors (Lipinski definition) is 1. The molecule has 0 aliphatic heterocycles. The molecule has 0 saturated heterocycles. The second kappa shape index (κ2) is 7.04. The summed E-state index contributed by atoms with van der Waals surface area (Å²) < 4.78 is 19.1. The standard InChI is InChI=1S/C13H20FN3O2/c1-5-17(9(2)8-19-4)13(18)10-6-7-16-12(15-3)11(10)14/h6-7,9H,5,8H2,1-4H3,(H,15,16). The van der Waals surface area contributed by atoms with Gasteiger partial charge in [0.15, 0.2) is 11.6 Å². The number of nitrogens with one attached hydrogen (secondary N) is 1. The number of carbonyl (C=O) groups is 1. The van der Waals surface area contributed by atoms with Crippen LogP contribution in [0.2, 0.25) is 0 Å². The molecule has 0 aliphatic carbocycles. The molecule has 1 rings (SSSR count). The summed E-state index contributed by atoms with van der Waals surface area (Å²) in [5.41, 5.74) is 0.0177. The Labute approximate surface area is 112 Å². The molecular formula is C13H20FN3O2. The number of anilines is 1. The van der Waals surface area contributed by atoms with Crippen LogP contribution in [0.15, 0.2) is 12.3 Å². The molecular weight excluding hydrogens is 249 g/mol. The normalized spacial score (nSPS) is 12.1. The molecule has 1 aromatic heterocycles. The van der Waals surface area contributed by atoms with Crippen LogP contribution in [-0.4, -0.2) is 49.1 Å². The summed E-state index contributed by atoms with van der Waals surface area (Å²) in [4.78, 5) is 17.8. The average molecular weight is 269 g/mol. The highest BCUT2D eigenvalue weighted by Crippen LogP contribution is 2.17. The van der Waals surface area contributed by atoms with E-state index in [4.69, 9.17) is 4.74 Å². The Balaban J connectivity index is 3.04. The van der Waals surface area contributed by atoms with Crippen LogP contribution in [0.1, 0.15) is 24.2 Å². The van der Waals surface area contributed by atoms with Gasteiger partial charge in [-0.15, -0.1) is 0 Å². The predicted octanol–water partition coefficient (Wildman–Crippen LogP) is 1.76. The Kier molecular flexibility index (Phi) is 5.69. The average Bonchev–Trinajstić information content (AvgIpc) is 2.40. The van der Waals surface area contributed by atoms with E-state index < -0.39 is 5.82 Å². The van der Waals surface area contributed by atoms with Crippen molar-refractivity contribution in [3.05, 3.63) is 23.6 Å². The molecule has 1 amide bonds. The number of halogens is 1. The molecule has 1 aromatic rings. The number of aromatic nitrogens is 1. The highest BCUT2D eigenvalue weighted by Gasteiger charge is 2.24. The Morgan fingerprint density at radius 2 is 2.32 bits per heavy atom. The molecule has 0 bridgehead atoms. The van der Waals surface area contributed by atoms with Crippen LogP contribution in [-0.2, 0) is 4.74 Å². The molecule has 106 valence electrons. The largest absolute Gasteiger partial charge is 0.383 e. The maximum atomic E-state index is 14.1. The number of methoxy groups -OCH3 is 1. The first-order valence-electron chi connectivity index (χ1n) is 6.18. The van der Waals surface area contributed by atoms with E-state index in [-0.39, 0.29) is 23.3 Å². The van der Waals surface area contributed by atoms with Gasteiger partial charge in [0.2, 0.25) is 0 Å². The summed E-state index contributed by atoms with van der Waals surface area (Å²) in [5, 5.41) is 2.62. The summed E-state index contributed by atoms with van der Waals surface area (Å²) in [6, 6.07) is 1.27. The van der Waals surface area contributed by atoms with Crippen molar-refractivity contribution in [2.45, 2.75) is 19.9 Å². The van der Waals surface area contributed by atoms with Crippen molar-refractivity contribution in [1.82, 2.24) is 9.88 Å². The van der Waals surface area contributed by atoms with Crippen LogP contribution >= 0.6 is 0 Å². The van der Waals surface area contributed by atoms with Gasteiger partial charge in [0.1, 0.15) is 0 Å². The fourth-order valence-corrected chi connectivity index (χ4v) is 1.92. The van der Waals surface area contributed by atoms with Crippen LogP contribution in [0.4, 0.5) is 10.2 Å². The predicted molar refractivity (Wildman–Crippen MR) is 71.8 cm³/mol. The zero-order valence-electron chi connectivity index (χ0n) is 11.7. The monoisotopic (exact) mass is 269 g/mol. The van der Waals surface area contributed by atoms with Gasteiger partial charge in [-0.1, -0.05) is 0 Å². The molecule has 19 heavy (non-hydrogen) atoms. The number of ether oxygens (including phenoxy) is 1. The van der Waals surface area contributed by atoms with Crippen LogP contribution in [0.25, 0.3) is 0 Å². The van der Waals surface area contributed by atoms with E-state index in [0.717, 1.165) is 0 Å². The lowest BCUT2D eigenvalue weighted by Crippen LogP contribution is -2.41. The minimum absolute atomic E-state index is 0.0177. The molecule has 1 N–H and O–H groups in total. The highest BCUT2D eigenvalue weighted by molar-refractivity contribution is 5.95. The molecule has 0 fully saturated rings. The van der Waals surface area contributed by atoms with Crippen molar-refractivity contribution in [3.63, 3.8) is 0 Å². The maximum absolute atomic E-state index is 14.1. The summed E-state index contributed by atoms with van der Waals surface area (Å²) in [6.45, 7) is 4.61. The fourth-order valence-electron chi connectivity index (χ4n) is 1.92. The van der Waals surface area contributed by atoms with Crippen LogP contribution < -0.4 is 5.32 Å². The number of rotatable bonds is 6. The number of amides is 1. The molecule has 1 unspecified atom stereocenters. The Hall–Kier alpha value is -1.69. The van der Waals surface area contributed by atoms with Crippen molar-refractivity contribution < 1.29 is 13.9 Å². The van der Waals surface area contributed by atoms with E-state index in [1.54, 1.807) is 19.1 Å². The lowest BCUT2D eigenvalue weighted by atomic mass is 10.2. The van der Waals surface area contributed by atoms with Gasteiger partial charge in [0, 0.05) is 26.9 Å². The van der Waals surface area contributed by atoms with E-state index in [1.165, 1.54) is 12.3 Å². The van der Waals surface area contributed by atoms with Gasteiger partial charge in [-0.2, -0.15) is 0 Å². The van der Waals surface area contributed by atoms with Gasteiger partial charge in [0.05, 0.1) is 18.2 Å². The van der Waals surface area contributed by atoms with Crippen LogP contribution in [0.3, 0.4) is 0 Å². The highest BCUT2D eigenvalue weighted by atomic mass is 19.1. The molecule has 0 aliphatic rings. The van der Waals surface area contributed by atoms with Crippen molar-refractivity contribution in [1.29, 1.82) is 0 Å². The van der Waals surface area contributed by atoms with Gasteiger partial charge in [-0.25, -0.2) is 9.37 Å². The van der Waals surface area contributed by atoms with Crippen molar-refractivity contribution in [2.75, 3.05) is 32.6 Å². The molecule has 1 heterocycles. The molecule has 0 spiro atoms. The Bertz CT molecular complexity index is 440. The van der Waals surface area contributed by atoms with E-state index in [9.17, 15) is 9.18 Å². The minimum atomic E-state index is -0.627. The topological polar surface area (TPSA) is 54.5 Å². The molecule has 0 radical (unpaired) electrons. The van der Waals surface area contributed by atoms with E-state index in [2.05, 4.69) is 10.3 Å². The smallest absolute Gasteiger partial charge is 0.257 e. The molecule has 5 nitrogen and oxygen atoms in total. The minimum Gasteiger partial charge on any atom is -0.383 e. The lowest BCUT2D eigenvalue weighted by Gasteiger charge is -2.27. The third kappa shape index (κ3) is 3.41. The fraction of sp³-hybridized carbons (Fsp3) is 0.538. The molecule has 1 atom stereocenters. The van der Waals surface area contributed by atoms with Gasteiger partial charge in [0.25, 0.3) is 5.91 Å². The van der Waals surface area contributed by atoms with Gasteiger partial charge >= 0.3 is 0 Å². The molecule has 0 aromatic carbocycles. The number of nitrogens with zero attached hydrogens (tertiary/aromatic N) is 2. The number of hydrogen-bond acceptors (Lipinski definition) is 4. The van der Waals surface area contributed by atoms with Crippen molar-refractivity contribution >= 4 is 11.7 Å². The summed E-state index contributed by atoms with van der Waals surface area (Å²) in [6.07, 6.45) is 1.41. The van der Waals surface area contributed by atoms with Crippen LogP contribution in [0.5, 0.6) is 0 Å². The third-order valence-corrected chi connectivity index (χ3v) is 2.90. The molecule has 0 saturated carbocycles. The summed E-state index contributed by atoms with van der Waals surface area (Å²) in [5.74, 6) is -0.914. The zero-order chi connectivity index (χ0) is 14.4. The van der Waals surface area contributed by atoms with Crippen molar-refractivity contribution in [2.24, 2.45) is 0 Å². The quantitative estimate of drug-likeness (QED) is 0.855. The van der Waals surface area contributed by atoms with E-state index in [0.29, 0.717) is 13.2 Å². The van der Waals surface area contributed by atoms with E-state index in [1.807, 2.05) is 13.8 Å². The number of pyridine rings is 1. The summed E-state index contributed by atoms with van der Waals surface area (Å²) in [7, 11) is 3.13. The van der Waals surface area contributed by atoms with Gasteiger partial charge in [-0.3, -0.25) is 4.79 Å². The molecule has 6 heteroatoms. The van der Waals surface area contributed by atoms with Crippen LogP contribution in [0, 0.1) is 5.82 Å². The Morgan fingerprint density at radius 1 is 1.63 bits per heavy atom. The lowest BCUT2D eigenvalue weighted by molar-refractivity contribution is 0.0575. The first kappa shape index (κ1) is 15.4. The zero-order valence-corrected chi connectivity index (χ0v) is 11.7. The third-order valence-electron chi connectivity index (χ3n) is 2.90. The number of likely N-dealkylation sites (N-methyl/N-ethyl adjacent to an activating group) is 1. The first-order chi connectivity index (χ1) is 9.06. The number of carbonyl (C=O) groups excluding carboxylic acids is 1. The van der Waals surface area contributed by atoms with Gasteiger partial charge < -0.3 is 15.0 Å². The second-order valence-corrected chi connectivity index (χ2v) is 4.17. The SMILES string of the molecule is CCN(C(=O)c1ccnc(NC)c1F)C(C)COC. The Morgan fingerprint density at radius 3 is 2.84 bits per heavy atom. The summed E-state index contributed by atoms with van der Waals surface area (Å²) >= 11 is 0. The van der Waals surface area contributed by atoms with Crippen molar-refractivity contribution in [3.8, 4) is 0 Å². The van der Waals surface area contributed by atoms with Gasteiger partial charge in [-0.05, 0) is 19.9 Å². The second-order valence-electron chi connectivity index (χ2n) is 4.17.